The highest BCUT2D eigenvalue weighted by Gasteiger charge is 2.31. The Morgan fingerprint density at radius 1 is 1.29 bits per heavy atom. The number of aromatic nitrogens is 2. The summed E-state index contributed by atoms with van der Waals surface area (Å²) in [5.41, 5.74) is 1.10. The van der Waals surface area contributed by atoms with Crippen LogP contribution in [0, 0.1) is 12.7 Å². The van der Waals surface area contributed by atoms with E-state index in [4.69, 9.17) is 0 Å². The molecule has 0 unspecified atom stereocenters. The Bertz CT molecular complexity index is 1080. The minimum Gasteiger partial charge on any atom is -0.389 e. The molecule has 8 heteroatoms. The third-order valence-corrected chi connectivity index (χ3v) is 6.78. The zero-order chi connectivity index (χ0) is 22.3. The molecule has 0 radical (unpaired) electrons. The number of rotatable bonds is 5. The molecule has 1 aromatic carbocycles. The molecule has 3 aromatic rings. The van der Waals surface area contributed by atoms with Crippen LogP contribution in [0.3, 0.4) is 0 Å². The molecule has 1 aliphatic rings. The summed E-state index contributed by atoms with van der Waals surface area (Å²) in [6, 6.07) is 8.43. The maximum atomic E-state index is 13.3. The van der Waals surface area contributed by atoms with Gasteiger partial charge in [0.05, 0.1) is 22.7 Å². The van der Waals surface area contributed by atoms with Gasteiger partial charge in [0.1, 0.15) is 10.6 Å². The van der Waals surface area contributed by atoms with E-state index in [2.05, 4.69) is 16.9 Å². The van der Waals surface area contributed by atoms with Crippen LogP contribution in [-0.4, -0.2) is 68.4 Å². The van der Waals surface area contributed by atoms with Crippen molar-refractivity contribution in [2.24, 2.45) is 0 Å². The maximum absolute atomic E-state index is 13.3. The predicted molar refractivity (Wildman–Crippen MR) is 121 cm³/mol. The lowest BCUT2D eigenvalue weighted by Gasteiger charge is -2.41. The van der Waals surface area contributed by atoms with Crippen LogP contribution in [0.4, 0.5) is 4.39 Å². The van der Waals surface area contributed by atoms with E-state index in [0.717, 1.165) is 34.6 Å². The van der Waals surface area contributed by atoms with Gasteiger partial charge in [0.15, 0.2) is 0 Å². The van der Waals surface area contributed by atoms with Gasteiger partial charge >= 0.3 is 0 Å². The number of thiophene rings is 1. The second-order valence-corrected chi connectivity index (χ2v) is 10.1. The van der Waals surface area contributed by atoms with Gasteiger partial charge < -0.3 is 10.0 Å². The molecule has 1 fully saturated rings. The number of fused-ring (bicyclic) bond motifs is 1. The summed E-state index contributed by atoms with van der Waals surface area (Å²) in [4.78, 5) is 19.1. The van der Waals surface area contributed by atoms with Gasteiger partial charge in [0.2, 0.25) is 0 Å². The number of aryl methyl sites for hydroxylation is 1. The number of hydrogen-bond donors (Lipinski definition) is 1. The second-order valence-electron chi connectivity index (χ2n) is 9.09. The number of carbonyl (C=O) groups excluding carboxylic acids is 1. The lowest BCUT2D eigenvalue weighted by molar-refractivity contribution is 0.00592. The maximum Gasteiger partial charge on any atom is 0.264 e. The van der Waals surface area contributed by atoms with Gasteiger partial charge in [-0.05, 0) is 51.5 Å². The number of amides is 1. The highest BCUT2D eigenvalue weighted by Crippen LogP contribution is 2.30. The first-order valence-corrected chi connectivity index (χ1v) is 11.4. The molecular formula is C23H29FN4O2S. The van der Waals surface area contributed by atoms with Crippen molar-refractivity contribution in [1.29, 1.82) is 0 Å². The molecule has 166 valence electrons. The number of aliphatic hydroxyl groups is 1. The summed E-state index contributed by atoms with van der Waals surface area (Å²) in [6.45, 7) is 10.9. The Kier molecular flexibility index (Phi) is 5.89. The van der Waals surface area contributed by atoms with Crippen molar-refractivity contribution in [3.63, 3.8) is 0 Å². The smallest absolute Gasteiger partial charge is 0.264 e. The predicted octanol–water partition coefficient (Wildman–Crippen LogP) is 3.51. The monoisotopic (exact) mass is 444 g/mol. The topological polar surface area (TPSA) is 61.6 Å². The molecule has 0 bridgehead atoms. The van der Waals surface area contributed by atoms with Gasteiger partial charge in [-0.2, -0.15) is 5.10 Å². The highest BCUT2D eigenvalue weighted by atomic mass is 32.1. The highest BCUT2D eigenvalue weighted by molar-refractivity contribution is 7.20. The summed E-state index contributed by atoms with van der Waals surface area (Å²) < 4.78 is 15.1. The fraction of sp³-hybridized carbons (Fsp3) is 0.478. The van der Waals surface area contributed by atoms with Crippen LogP contribution in [0.25, 0.3) is 10.2 Å². The fourth-order valence-corrected chi connectivity index (χ4v) is 5.37. The number of hydrogen-bond acceptors (Lipinski definition) is 5. The van der Waals surface area contributed by atoms with E-state index in [1.165, 1.54) is 23.5 Å². The molecule has 0 spiro atoms. The Hall–Kier alpha value is -2.29. The van der Waals surface area contributed by atoms with Crippen LogP contribution in [0.15, 0.2) is 30.3 Å². The third-order valence-electron chi connectivity index (χ3n) is 5.65. The molecule has 0 saturated carbocycles. The third kappa shape index (κ3) is 4.81. The molecular weight excluding hydrogens is 415 g/mol. The Labute approximate surface area is 185 Å². The number of carbonyl (C=O) groups is 1. The first kappa shape index (κ1) is 21.9. The van der Waals surface area contributed by atoms with Gasteiger partial charge in [0, 0.05) is 37.6 Å². The molecule has 1 amide bonds. The minimum atomic E-state index is -0.745. The molecule has 6 nitrogen and oxygen atoms in total. The van der Waals surface area contributed by atoms with Gasteiger partial charge in [-0.25, -0.2) is 4.39 Å². The molecule has 1 saturated heterocycles. The van der Waals surface area contributed by atoms with Crippen LogP contribution >= 0.6 is 11.3 Å². The SMILES string of the molecule is Cc1nn(Cc2ccc(F)cc2)c2sc(C(=O)N3CCN(CC(C)(C)O)C[C@@H]3C)cc12. The van der Waals surface area contributed by atoms with Crippen molar-refractivity contribution < 1.29 is 14.3 Å². The molecule has 1 N–H and O–H groups in total. The first-order valence-electron chi connectivity index (χ1n) is 10.6. The first-order chi connectivity index (χ1) is 14.6. The van der Waals surface area contributed by atoms with E-state index >= 15 is 0 Å². The zero-order valence-electron chi connectivity index (χ0n) is 18.4. The molecule has 31 heavy (non-hydrogen) atoms. The van der Waals surface area contributed by atoms with Crippen LogP contribution in [0.2, 0.25) is 0 Å². The van der Waals surface area contributed by atoms with Gasteiger partial charge in [-0.15, -0.1) is 11.3 Å². The van der Waals surface area contributed by atoms with E-state index in [-0.39, 0.29) is 17.8 Å². The summed E-state index contributed by atoms with van der Waals surface area (Å²) in [5, 5.41) is 15.7. The average molecular weight is 445 g/mol. The molecule has 1 aliphatic heterocycles. The minimum absolute atomic E-state index is 0.0457. The number of benzene rings is 1. The quantitative estimate of drug-likeness (QED) is 0.654. The van der Waals surface area contributed by atoms with Crippen molar-refractivity contribution in [3.05, 3.63) is 52.3 Å². The Morgan fingerprint density at radius 2 is 2.00 bits per heavy atom. The molecule has 2 aromatic heterocycles. The zero-order valence-corrected chi connectivity index (χ0v) is 19.2. The molecule has 4 rings (SSSR count). The lowest BCUT2D eigenvalue weighted by atomic mass is 10.1. The molecule has 3 heterocycles. The van der Waals surface area contributed by atoms with Gasteiger partial charge in [-0.3, -0.25) is 14.4 Å². The summed E-state index contributed by atoms with van der Waals surface area (Å²) in [7, 11) is 0. The average Bonchev–Trinajstić information content (AvgIpc) is 3.23. The van der Waals surface area contributed by atoms with Crippen molar-refractivity contribution in [2.45, 2.75) is 45.9 Å². The number of β-amino-alcohol motifs (C(OH)–C–C–N with tert-alkyl or cyclic N) is 1. The van der Waals surface area contributed by atoms with E-state index in [0.29, 0.717) is 24.5 Å². The molecule has 0 aliphatic carbocycles. The summed E-state index contributed by atoms with van der Waals surface area (Å²) >= 11 is 1.46. The summed E-state index contributed by atoms with van der Waals surface area (Å²) in [5.74, 6) is -0.212. The van der Waals surface area contributed by atoms with Gasteiger partial charge in [-0.1, -0.05) is 12.1 Å². The Morgan fingerprint density at radius 3 is 2.65 bits per heavy atom. The summed E-state index contributed by atoms with van der Waals surface area (Å²) in [6.07, 6.45) is 0. The van der Waals surface area contributed by atoms with E-state index in [1.807, 2.05) is 36.4 Å². The lowest BCUT2D eigenvalue weighted by Crippen LogP contribution is -2.56. The van der Waals surface area contributed by atoms with Crippen LogP contribution in [0.5, 0.6) is 0 Å². The number of nitrogens with zero attached hydrogens (tertiary/aromatic N) is 4. The van der Waals surface area contributed by atoms with Gasteiger partial charge in [0.25, 0.3) is 5.91 Å². The van der Waals surface area contributed by atoms with Crippen molar-refractivity contribution in [2.75, 3.05) is 26.2 Å². The van der Waals surface area contributed by atoms with E-state index < -0.39 is 5.60 Å². The number of halogens is 1. The van der Waals surface area contributed by atoms with E-state index in [9.17, 15) is 14.3 Å². The van der Waals surface area contributed by atoms with E-state index in [1.54, 1.807) is 12.1 Å². The Balaban J connectivity index is 1.52. The largest absolute Gasteiger partial charge is 0.389 e. The molecule has 1 atom stereocenters. The van der Waals surface area contributed by atoms with Crippen molar-refractivity contribution >= 4 is 27.5 Å². The van der Waals surface area contributed by atoms with Crippen molar-refractivity contribution in [1.82, 2.24) is 19.6 Å². The second kappa shape index (κ2) is 8.33. The van der Waals surface area contributed by atoms with Crippen LogP contribution in [-0.2, 0) is 6.54 Å². The fourth-order valence-electron chi connectivity index (χ4n) is 4.26. The van der Waals surface area contributed by atoms with Crippen LogP contribution < -0.4 is 0 Å². The van der Waals surface area contributed by atoms with Crippen LogP contribution in [0.1, 0.15) is 41.7 Å². The normalized spacial score (nSPS) is 18.1. The number of piperazine rings is 1. The standard InChI is InChI=1S/C23H29FN4O2S/c1-15-12-26(14-23(3,4)30)9-10-27(15)21(29)20-11-19-16(2)25-28(22(19)31-20)13-17-5-7-18(24)8-6-17/h5-8,11,15,30H,9-10,12-14H2,1-4H3/t15-/m0/s1. The van der Waals surface area contributed by atoms with Crippen molar-refractivity contribution in [3.8, 4) is 0 Å².